The Hall–Kier alpha value is 0.730. The molecule has 0 aromatic heterocycles. The van der Waals surface area contributed by atoms with Gasteiger partial charge in [0.15, 0.2) is 0 Å². The smallest absolute Gasteiger partial charge is 0.00813 e. The third kappa shape index (κ3) is 14.7. The van der Waals surface area contributed by atoms with Crippen molar-refractivity contribution in [2.45, 2.75) is 88.4 Å². The van der Waals surface area contributed by atoms with E-state index < -0.39 is 0 Å². The molecule has 0 N–H and O–H groups in total. The van der Waals surface area contributed by atoms with Gasteiger partial charge < -0.3 is 0 Å². The van der Waals surface area contributed by atoms with Gasteiger partial charge in [0.05, 0.1) is 0 Å². The minimum Gasteiger partial charge on any atom is -0.0829 e. The van der Waals surface area contributed by atoms with Gasteiger partial charge >= 0.3 is 0 Å². The zero-order valence-electron chi connectivity index (χ0n) is 10.7. The van der Waals surface area contributed by atoms with Crippen LogP contribution < -0.4 is 0 Å². The van der Waals surface area contributed by atoms with Crippen molar-refractivity contribution in [3.8, 4) is 0 Å². The van der Waals surface area contributed by atoms with Gasteiger partial charge in [-0.25, -0.2) is 0 Å². The lowest BCUT2D eigenvalue weighted by molar-refractivity contribution is 0.550. The van der Waals surface area contributed by atoms with E-state index in [0.717, 1.165) is 3.92 Å². The van der Waals surface area contributed by atoms with E-state index in [1.54, 1.807) is 0 Å². The van der Waals surface area contributed by atoms with E-state index in [1.807, 2.05) is 0 Å². The van der Waals surface area contributed by atoms with Crippen LogP contribution in [0.15, 0.2) is 0 Å². The van der Waals surface area contributed by atoms with Crippen LogP contribution in [0, 0.1) is 0 Å². The van der Waals surface area contributed by atoms with Crippen LogP contribution in [-0.2, 0) is 0 Å². The van der Waals surface area contributed by atoms with E-state index in [0.29, 0.717) is 0 Å². The Bertz CT molecular complexity index is 110. The second kappa shape index (κ2) is 12.8. The Kier molecular flexibility index (Phi) is 13.4. The Balaban J connectivity index is 2.87. The molecule has 0 aromatic carbocycles. The van der Waals surface area contributed by atoms with Gasteiger partial charge in [-0.3, -0.25) is 0 Å². The quantitative estimate of drug-likeness (QED) is 0.244. The van der Waals surface area contributed by atoms with Crippen LogP contribution in [0.3, 0.4) is 0 Å². The molecule has 0 aliphatic heterocycles. The maximum absolute atomic E-state index is 2.53. The third-order valence-corrected chi connectivity index (χ3v) is 3.58. The molecule has 0 rings (SSSR count). The van der Waals surface area contributed by atoms with E-state index in [1.165, 1.54) is 70.6 Å². The van der Waals surface area contributed by atoms with E-state index in [-0.39, 0.29) is 0 Å². The van der Waals surface area contributed by atoms with E-state index in [4.69, 9.17) is 0 Å². The maximum Gasteiger partial charge on any atom is 0.00813 e. The summed E-state index contributed by atoms with van der Waals surface area (Å²) in [6.45, 7) is 4.60. The average Bonchev–Trinajstić information content (AvgIpc) is 2.20. The van der Waals surface area contributed by atoms with Gasteiger partial charge in [0.1, 0.15) is 0 Å². The van der Waals surface area contributed by atoms with Crippen molar-refractivity contribution in [2.24, 2.45) is 0 Å². The second-order valence-corrected chi connectivity index (χ2v) is 6.88. The predicted molar refractivity (Wildman–Crippen MR) is 79.9 cm³/mol. The largest absolute Gasteiger partial charge is 0.0829 e. The number of halogens is 1. The Morgan fingerprint density at radius 3 is 1.53 bits per heavy atom. The first-order valence-electron chi connectivity index (χ1n) is 6.91. The molecule has 1 heteroatoms. The van der Waals surface area contributed by atoms with E-state index in [9.17, 15) is 0 Å². The highest BCUT2D eigenvalue weighted by atomic mass is 127. The van der Waals surface area contributed by atoms with Crippen molar-refractivity contribution in [1.29, 1.82) is 0 Å². The first-order chi connectivity index (χ1) is 7.27. The van der Waals surface area contributed by atoms with Crippen LogP contribution >= 0.6 is 22.6 Å². The number of hydrogen-bond donors (Lipinski definition) is 0. The molecule has 1 atom stereocenters. The fraction of sp³-hybridized carbons (Fsp3) is 1.00. The lowest BCUT2D eigenvalue weighted by Crippen LogP contribution is -1.89. The number of alkyl halides is 1. The summed E-state index contributed by atoms with van der Waals surface area (Å²) >= 11 is 2.53. The lowest BCUT2D eigenvalue weighted by Gasteiger charge is -2.03. The predicted octanol–water partition coefficient (Wildman–Crippen LogP) is 6.12. The van der Waals surface area contributed by atoms with E-state index in [2.05, 4.69) is 36.4 Å². The molecule has 0 aliphatic carbocycles. The Morgan fingerprint density at radius 2 is 1.13 bits per heavy atom. The molecular formula is C14H29I. The molecule has 0 fully saturated rings. The van der Waals surface area contributed by atoms with Crippen molar-refractivity contribution < 1.29 is 0 Å². The molecule has 0 nitrogen and oxygen atoms in total. The highest BCUT2D eigenvalue weighted by molar-refractivity contribution is 14.1. The Morgan fingerprint density at radius 1 is 0.733 bits per heavy atom. The molecule has 0 radical (unpaired) electrons. The van der Waals surface area contributed by atoms with Gasteiger partial charge in [0.25, 0.3) is 0 Å². The van der Waals surface area contributed by atoms with Gasteiger partial charge in [-0.05, 0) is 6.42 Å². The number of unbranched alkanes of at least 4 members (excludes halogenated alkanes) is 9. The molecule has 0 amide bonds. The first-order valence-corrected chi connectivity index (χ1v) is 8.16. The number of hydrogen-bond acceptors (Lipinski definition) is 0. The third-order valence-electron chi connectivity index (χ3n) is 2.96. The summed E-state index contributed by atoms with van der Waals surface area (Å²) in [5.41, 5.74) is 0. The minimum absolute atomic E-state index is 0.872. The molecule has 0 aromatic rings. The lowest BCUT2D eigenvalue weighted by atomic mass is 10.1. The summed E-state index contributed by atoms with van der Waals surface area (Å²) < 4.78 is 0.872. The molecule has 0 saturated carbocycles. The van der Waals surface area contributed by atoms with Gasteiger partial charge in [0, 0.05) is 3.92 Å². The van der Waals surface area contributed by atoms with Crippen molar-refractivity contribution >= 4 is 22.6 Å². The van der Waals surface area contributed by atoms with Crippen LogP contribution in [0.1, 0.15) is 84.5 Å². The van der Waals surface area contributed by atoms with Gasteiger partial charge in [-0.2, -0.15) is 0 Å². The zero-order valence-corrected chi connectivity index (χ0v) is 12.9. The summed E-state index contributed by atoms with van der Waals surface area (Å²) in [7, 11) is 0. The fourth-order valence-corrected chi connectivity index (χ4v) is 2.35. The van der Waals surface area contributed by atoms with Crippen LogP contribution in [0.2, 0.25) is 0 Å². The van der Waals surface area contributed by atoms with Gasteiger partial charge in [-0.1, -0.05) is 101 Å². The highest BCUT2D eigenvalue weighted by Gasteiger charge is 1.95. The minimum atomic E-state index is 0.872. The topological polar surface area (TPSA) is 0 Å². The zero-order chi connectivity index (χ0) is 11.4. The molecule has 0 heterocycles. The molecule has 0 saturated heterocycles. The van der Waals surface area contributed by atoms with Gasteiger partial charge in [0.2, 0.25) is 0 Å². The van der Waals surface area contributed by atoms with Crippen molar-refractivity contribution in [3.05, 3.63) is 0 Å². The summed E-state index contributed by atoms with van der Waals surface area (Å²) in [6, 6.07) is 0. The summed E-state index contributed by atoms with van der Waals surface area (Å²) in [5.74, 6) is 0. The average molecular weight is 324 g/mol. The monoisotopic (exact) mass is 324 g/mol. The van der Waals surface area contributed by atoms with Crippen LogP contribution in [-0.4, -0.2) is 3.92 Å². The standard InChI is InChI=1S/C14H29I/c1-3-4-5-6-7-8-9-10-11-12-13-14(2)15/h14H,3-13H2,1-2H3/t14-/m1/s1. The summed E-state index contributed by atoms with van der Waals surface area (Å²) in [5, 5.41) is 0. The normalized spacial score (nSPS) is 13.0. The highest BCUT2D eigenvalue weighted by Crippen LogP contribution is 2.14. The van der Waals surface area contributed by atoms with Crippen LogP contribution in [0.4, 0.5) is 0 Å². The molecule has 0 bridgehead atoms. The van der Waals surface area contributed by atoms with Crippen LogP contribution in [0.25, 0.3) is 0 Å². The summed E-state index contributed by atoms with van der Waals surface area (Å²) in [6.07, 6.45) is 16.0. The SMILES string of the molecule is CCCCCCCCCCCC[C@@H](C)I. The fourth-order valence-electron chi connectivity index (χ4n) is 1.91. The molecule has 0 unspecified atom stereocenters. The molecular weight excluding hydrogens is 295 g/mol. The maximum atomic E-state index is 2.53. The van der Waals surface area contributed by atoms with E-state index >= 15 is 0 Å². The molecule has 92 valence electrons. The summed E-state index contributed by atoms with van der Waals surface area (Å²) in [4.78, 5) is 0. The van der Waals surface area contributed by atoms with Crippen molar-refractivity contribution in [1.82, 2.24) is 0 Å². The Labute approximate surface area is 111 Å². The second-order valence-electron chi connectivity index (χ2n) is 4.75. The van der Waals surface area contributed by atoms with Gasteiger partial charge in [-0.15, -0.1) is 0 Å². The van der Waals surface area contributed by atoms with Crippen LogP contribution in [0.5, 0.6) is 0 Å². The molecule has 0 spiro atoms. The van der Waals surface area contributed by atoms with Crippen molar-refractivity contribution in [2.75, 3.05) is 0 Å². The first kappa shape index (κ1) is 15.7. The van der Waals surface area contributed by atoms with Crippen molar-refractivity contribution in [3.63, 3.8) is 0 Å². The molecule has 15 heavy (non-hydrogen) atoms. The number of rotatable bonds is 11. The molecule has 0 aliphatic rings.